The molecule has 2 aromatic rings. The van der Waals surface area contributed by atoms with Gasteiger partial charge in [0.2, 0.25) is 0 Å². The molecule has 5 heteroatoms. The lowest BCUT2D eigenvalue weighted by Gasteiger charge is -2.37. The molecule has 0 aromatic heterocycles. The third kappa shape index (κ3) is 2.97. The summed E-state index contributed by atoms with van der Waals surface area (Å²) in [5.41, 5.74) is 1.95. The molecule has 0 spiro atoms. The minimum atomic E-state index is -1.11. The second-order valence-electron chi connectivity index (χ2n) is 6.15. The van der Waals surface area contributed by atoms with E-state index in [9.17, 15) is 20.4 Å². The summed E-state index contributed by atoms with van der Waals surface area (Å²) in [6.45, 7) is -0.601. The molecule has 4 atom stereocenters. The lowest BCUT2D eigenvalue weighted by molar-refractivity contribution is 0.0130. The molecule has 1 aliphatic heterocycles. The van der Waals surface area contributed by atoms with Crippen LogP contribution < -0.4 is 0 Å². The number of likely N-dealkylation sites (tertiary alicyclic amines) is 1. The first-order valence-corrected chi connectivity index (χ1v) is 8.14. The average Bonchev–Trinajstić information content (AvgIpc) is 2.87. The lowest BCUT2D eigenvalue weighted by Crippen LogP contribution is -2.45. The van der Waals surface area contributed by atoms with Gasteiger partial charge in [0.1, 0.15) is 0 Å². The first-order chi connectivity index (χ1) is 11.7. The standard InChI is InChI=1S/C19H23NO4/c21-11-15-18(23)19(24)16(12-22)20(15)17(13-7-3-1-4-8-13)14-9-5-2-6-10-14/h1-10,15-19,21-24H,11-12H2/t15-,16-,18+,19+/m0/s1. The number of nitrogens with zero attached hydrogens (tertiary/aromatic N) is 1. The van der Waals surface area contributed by atoms with Crippen molar-refractivity contribution in [3.63, 3.8) is 0 Å². The summed E-state index contributed by atoms with van der Waals surface area (Å²) in [6.07, 6.45) is -2.22. The van der Waals surface area contributed by atoms with E-state index in [1.165, 1.54) is 0 Å². The Morgan fingerprint density at radius 1 is 0.708 bits per heavy atom. The molecular weight excluding hydrogens is 306 g/mol. The maximum atomic E-state index is 10.3. The van der Waals surface area contributed by atoms with Crippen molar-refractivity contribution < 1.29 is 20.4 Å². The molecule has 2 aromatic carbocycles. The van der Waals surface area contributed by atoms with Gasteiger partial charge in [-0.25, -0.2) is 0 Å². The van der Waals surface area contributed by atoms with Crippen molar-refractivity contribution in [1.82, 2.24) is 4.90 Å². The van der Waals surface area contributed by atoms with Crippen LogP contribution in [0.25, 0.3) is 0 Å². The highest BCUT2D eigenvalue weighted by molar-refractivity contribution is 5.33. The highest BCUT2D eigenvalue weighted by Gasteiger charge is 2.50. The normalized spacial score (nSPS) is 27.7. The molecule has 0 radical (unpaired) electrons. The molecule has 0 aliphatic carbocycles. The monoisotopic (exact) mass is 329 g/mol. The van der Waals surface area contributed by atoms with Crippen molar-refractivity contribution in [3.8, 4) is 0 Å². The zero-order valence-corrected chi connectivity index (χ0v) is 13.3. The Balaban J connectivity index is 2.10. The predicted octanol–water partition coefficient (Wildman–Crippen LogP) is 0.535. The molecule has 5 nitrogen and oxygen atoms in total. The Labute approximate surface area is 141 Å². The Morgan fingerprint density at radius 3 is 1.42 bits per heavy atom. The van der Waals surface area contributed by atoms with Crippen molar-refractivity contribution in [2.24, 2.45) is 0 Å². The van der Waals surface area contributed by atoms with Crippen molar-refractivity contribution in [2.75, 3.05) is 13.2 Å². The summed E-state index contributed by atoms with van der Waals surface area (Å²) in [6, 6.07) is 17.8. The SMILES string of the molecule is OC[C@H]1[C@@H](O)[C@H](O)[C@H](CO)N1C(c1ccccc1)c1ccccc1. The van der Waals surface area contributed by atoms with Crippen molar-refractivity contribution >= 4 is 0 Å². The van der Waals surface area contributed by atoms with Crippen LogP contribution in [-0.2, 0) is 0 Å². The number of aliphatic hydroxyl groups excluding tert-OH is 4. The molecule has 0 saturated carbocycles. The quantitative estimate of drug-likeness (QED) is 0.643. The van der Waals surface area contributed by atoms with Crippen LogP contribution in [0.15, 0.2) is 60.7 Å². The van der Waals surface area contributed by atoms with E-state index in [-0.39, 0.29) is 19.3 Å². The molecule has 4 N–H and O–H groups in total. The first kappa shape index (κ1) is 17.1. The van der Waals surface area contributed by atoms with E-state index in [1.54, 1.807) is 0 Å². The predicted molar refractivity (Wildman–Crippen MR) is 90.3 cm³/mol. The third-order valence-corrected chi connectivity index (χ3v) is 4.81. The van der Waals surface area contributed by atoms with Crippen LogP contribution in [0.3, 0.4) is 0 Å². The first-order valence-electron chi connectivity index (χ1n) is 8.14. The fourth-order valence-electron chi connectivity index (χ4n) is 3.65. The van der Waals surface area contributed by atoms with Crippen LogP contribution in [-0.4, -0.2) is 62.8 Å². The minimum Gasteiger partial charge on any atom is -0.395 e. The summed E-state index contributed by atoms with van der Waals surface area (Å²) in [7, 11) is 0. The van der Waals surface area contributed by atoms with Gasteiger partial charge in [-0.1, -0.05) is 60.7 Å². The van der Waals surface area contributed by atoms with Crippen LogP contribution >= 0.6 is 0 Å². The van der Waals surface area contributed by atoms with Gasteiger partial charge in [0.05, 0.1) is 43.5 Å². The van der Waals surface area contributed by atoms with E-state index in [0.29, 0.717) is 0 Å². The summed E-state index contributed by atoms with van der Waals surface area (Å²) in [5.74, 6) is 0. The lowest BCUT2D eigenvalue weighted by atomic mass is 9.95. The summed E-state index contributed by atoms with van der Waals surface area (Å²) < 4.78 is 0. The Bertz CT molecular complexity index is 581. The van der Waals surface area contributed by atoms with E-state index in [0.717, 1.165) is 11.1 Å². The van der Waals surface area contributed by atoms with E-state index < -0.39 is 24.3 Å². The number of hydrogen-bond donors (Lipinski definition) is 4. The fourth-order valence-corrected chi connectivity index (χ4v) is 3.65. The topological polar surface area (TPSA) is 84.2 Å². The molecule has 0 unspecified atom stereocenters. The molecule has 3 rings (SSSR count). The van der Waals surface area contributed by atoms with Gasteiger partial charge in [0.25, 0.3) is 0 Å². The molecule has 24 heavy (non-hydrogen) atoms. The van der Waals surface area contributed by atoms with Gasteiger partial charge in [0.15, 0.2) is 0 Å². The number of aliphatic hydroxyl groups is 4. The molecule has 1 heterocycles. The molecule has 1 aliphatic rings. The summed E-state index contributed by atoms with van der Waals surface area (Å²) in [4.78, 5) is 1.83. The average molecular weight is 329 g/mol. The van der Waals surface area contributed by atoms with Gasteiger partial charge in [-0.15, -0.1) is 0 Å². The largest absolute Gasteiger partial charge is 0.395 e. The molecular formula is C19H23NO4. The van der Waals surface area contributed by atoms with Crippen molar-refractivity contribution in [2.45, 2.75) is 30.3 Å². The smallest absolute Gasteiger partial charge is 0.0992 e. The van der Waals surface area contributed by atoms with Crippen LogP contribution in [0.2, 0.25) is 0 Å². The molecule has 128 valence electrons. The fraction of sp³-hybridized carbons (Fsp3) is 0.368. The van der Waals surface area contributed by atoms with Gasteiger partial charge in [-0.05, 0) is 11.1 Å². The second-order valence-corrected chi connectivity index (χ2v) is 6.15. The van der Waals surface area contributed by atoms with Crippen LogP contribution in [0.1, 0.15) is 17.2 Å². The second kappa shape index (κ2) is 7.42. The Hall–Kier alpha value is -1.76. The minimum absolute atomic E-state index is 0.284. The van der Waals surface area contributed by atoms with E-state index in [4.69, 9.17) is 0 Å². The van der Waals surface area contributed by atoms with Gasteiger partial charge < -0.3 is 20.4 Å². The van der Waals surface area contributed by atoms with Crippen molar-refractivity contribution in [3.05, 3.63) is 71.8 Å². The van der Waals surface area contributed by atoms with E-state index in [1.807, 2.05) is 65.6 Å². The zero-order valence-electron chi connectivity index (χ0n) is 13.3. The molecule has 1 saturated heterocycles. The number of benzene rings is 2. The summed E-state index contributed by atoms with van der Waals surface area (Å²) in [5, 5.41) is 40.2. The van der Waals surface area contributed by atoms with E-state index >= 15 is 0 Å². The van der Waals surface area contributed by atoms with Gasteiger partial charge >= 0.3 is 0 Å². The Morgan fingerprint density at radius 2 is 1.08 bits per heavy atom. The van der Waals surface area contributed by atoms with Gasteiger partial charge in [-0.3, -0.25) is 4.90 Å². The molecule has 1 fully saturated rings. The van der Waals surface area contributed by atoms with Gasteiger partial charge in [-0.2, -0.15) is 0 Å². The van der Waals surface area contributed by atoms with Crippen LogP contribution in [0, 0.1) is 0 Å². The number of rotatable bonds is 5. The highest BCUT2D eigenvalue weighted by Crippen LogP contribution is 2.38. The Kier molecular flexibility index (Phi) is 5.28. The number of hydrogen-bond acceptors (Lipinski definition) is 5. The van der Waals surface area contributed by atoms with Crippen molar-refractivity contribution in [1.29, 1.82) is 0 Å². The van der Waals surface area contributed by atoms with Gasteiger partial charge in [0, 0.05) is 0 Å². The van der Waals surface area contributed by atoms with E-state index in [2.05, 4.69) is 0 Å². The summed E-state index contributed by atoms with van der Waals surface area (Å²) >= 11 is 0. The highest BCUT2D eigenvalue weighted by atomic mass is 16.3. The maximum Gasteiger partial charge on any atom is 0.0992 e. The molecule has 0 bridgehead atoms. The maximum absolute atomic E-state index is 10.3. The van der Waals surface area contributed by atoms with Crippen LogP contribution in [0.4, 0.5) is 0 Å². The third-order valence-electron chi connectivity index (χ3n) is 4.81. The van der Waals surface area contributed by atoms with Crippen LogP contribution in [0.5, 0.6) is 0 Å². The molecule has 0 amide bonds. The zero-order chi connectivity index (χ0) is 17.1.